The number of aryl methyl sites for hydroxylation is 2. The maximum absolute atomic E-state index is 12.2. The van der Waals surface area contributed by atoms with Gasteiger partial charge in [0.15, 0.2) is 17.7 Å². The molecule has 6 nitrogen and oxygen atoms in total. The molecule has 0 spiro atoms. The Hall–Kier alpha value is -2.80. The smallest absolute Gasteiger partial charge is 0.307 e. The molecule has 0 radical (unpaired) electrons. The van der Waals surface area contributed by atoms with Crippen molar-refractivity contribution in [1.29, 1.82) is 0 Å². The minimum Gasteiger partial charge on any atom is -0.453 e. The average Bonchev–Trinajstić information content (AvgIpc) is 2.98. The highest BCUT2D eigenvalue weighted by Gasteiger charge is 2.20. The second-order valence-corrected chi connectivity index (χ2v) is 7.97. The van der Waals surface area contributed by atoms with Crippen molar-refractivity contribution in [3.05, 3.63) is 51.2 Å². The molecule has 148 valence electrons. The van der Waals surface area contributed by atoms with Crippen LogP contribution in [0.15, 0.2) is 30.3 Å². The van der Waals surface area contributed by atoms with Crippen LogP contribution in [0, 0.1) is 13.8 Å². The van der Waals surface area contributed by atoms with Crippen LogP contribution in [0.4, 0.5) is 5.69 Å². The summed E-state index contributed by atoms with van der Waals surface area (Å²) in [5.74, 6) is -1.27. The second-order valence-electron chi connectivity index (χ2n) is 6.50. The number of ether oxygens (including phenoxy) is 1. The van der Waals surface area contributed by atoms with Gasteiger partial charge in [-0.05, 0) is 58.0 Å². The van der Waals surface area contributed by atoms with Gasteiger partial charge in [-0.3, -0.25) is 19.2 Å². The summed E-state index contributed by atoms with van der Waals surface area (Å²) in [6.45, 7) is 6.72. The Balaban J connectivity index is 1.82. The topological polar surface area (TPSA) is 89.5 Å². The fourth-order valence-electron chi connectivity index (χ4n) is 2.60. The fourth-order valence-corrected chi connectivity index (χ4v) is 3.54. The standard InChI is InChI=1S/C21H23NO5S/c1-12-11-18(15(4)28-12)19(24)9-10-20(25)27-14(3)21(26)22-17-7-5-16(6-8-17)13(2)23/h5-8,11,14H,9-10H2,1-4H3,(H,22,26)/t14-/m1/s1. The SMILES string of the molecule is CC(=O)c1ccc(NC(=O)[C@@H](C)OC(=O)CCC(=O)c2cc(C)sc2C)cc1. The summed E-state index contributed by atoms with van der Waals surface area (Å²) in [5.41, 5.74) is 1.67. The number of benzene rings is 1. The van der Waals surface area contributed by atoms with Crippen LogP contribution in [0.5, 0.6) is 0 Å². The first kappa shape index (κ1) is 21.5. The first-order valence-electron chi connectivity index (χ1n) is 8.89. The molecule has 0 saturated heterocycles. The zero-order valence-corrected chi connectivity index (χ0v) is 17.1. The largest absolute Gasteiger partial charge is 0.453 e. The van der Waals surface area contributed by atoms with Crippen LogP contribution < -0.4 is 5.32 Å². The predicted octanol–water partition coefficient (Wildman–Crippen LogP) is 4.10. The number of nitrogens with one attached hydrogen (secondary N) is 1. The number of Topliss-reactive ketones (excluding diaryl/α,β-unsaturated/α-hetero) is 2. The van der Waals surface area contributed by atoms with E-state index in [9.17, 15) is 19.2 Å². The van der Waals surface area contributed by atoms with Crippen LogP contribution in [-0.4, -0.2) is 29.5 Å². The molecule has 1 N–H and O–H groups in total. The Morgan fingerprint density at radius 2 is 1.71 bits per heavy atom. The maximum Gasteiger partial charge on any atom is 0.307 e. The van der Waals surface area contributed by atoms with Crippen LogP contribution in [-0.2, 0) is 14.3 Å². The molecular formula is C21H23NO5S. The lowest BCUT2D eigenvalue weighted by Gasteiger charge is -2.13. The fraction of sp³-hybridized carbons (Fsp3) is 0.333. The van der Waals surface area contributed by atoms with E-state index in [1.807, 2.05) is 19.9 Å². The molecule has 28 heavy (non-hydrogen) atoms. The Labute approximate surface area is 167 Å². The summed E-state index contributed by atoms with van der Waals surface area (Å²) in [7, 11) is 0. The van der Waals surface area contributed by atoms with Crippen molar-refractivity contribution in [1.82, 2.24) is 0 Å². The number of ketones is 2. The molecule has 1 aromatic heterocycles. The van der Waals surface area contributed by atoms with E-state index in [1.165, 1.54) is 13.8 Å². The summed E-state index contributed by atoms with van der Waals surface area (Å²) in [5, 5.41) is 2.62. The highest BCUT2D eigenvalue weighted by atomic mass is 32.1. The van der Waals surface area contributed by atoms with E-state index in [0.29, 0.717) is 16.8 Å². The van der Waals surface area contributed by atoms with Crippen molar-refractivity contribution in [2.75, 3.05) is 5.32 Å². The lowest BCUT2D eigenvalue weighted by atomic mass is 10.1. The van der Waals surface area contributed by atoms with Crippen molar-refractivity contribution >= 4 is 40.5 Å². The first-order chi connectivity index (χ1) is 13.2. The van der Waals surface area contributed by atoms with Crippen LogP contribution in [0.25, 0.3) is 0 Å². The normalized spacial score (nSPS) is 11.6. The van der Waals surface area contributed by atoms with Gasteiger partial charge in [0.1, 0.15) is 0 Å². The first-order valence-corrected chi connectivity index (χ1v) is 9.70. The molecule has 0 aliphatic rings. The molecule has 7 heteroatoms. The summed E-state index contributed by atoms with van der Waals surface area (Å²) in [6, 6.07) is 8.24. The molecule has 1 heterocycles. The minimum absolute atomic E-state index is 0.0384. The van der Waals surface area contributed by atoms with Crippen molar-refractivity contribution in [3.63, 3.8) is 0 Å². The van der Waals surface area contributed by atoms with Gasteiger partial charge in [-0.25, -0.2) is 0 Å². The summed E-state index contributed by atoms with van der Waals surface area (Å²) in [4.78, 5) is 49.6. The third kappa shape index (κ3) is 5.85. The average molecular weight is 401 g/mol. The molecule has 0 aliphatic carbocycles. The van der Waals surface area contributed by atoms with Crippen molar-refractivity contribution in [2.24, 2.45) is 0 Å². The van der Waals surface area contributed by atoms with E-state index in [4.69, 9.17) is 4.74 Å². The highest BCUT2D eigenvalue weighted by molar-refractivity contribution is 7.12. The zero-order valence-electron chi connectivity index (χ0n) is 16.3. The number of rotatable bonds is 8. The lowest BCUT2D eigenvalue weighted by Crippen LogP contribution is -2.30. The number of hydrogen-bond donors (Lipinski definition) is 1. The van der Waals surface area contributed by atoms with E-state index < -0.39 is 18.0 Å². The third-order valence-corrected chi connectivity index (χ3v) is 5.10. The van der Waals surface area contributed by atoms with E-state index in [-0.39, 0.29) is 24.4 Å². The van der Waals surface area contributed by atoms with Gasteiger partial charge in [0, 0.05) is 33.0 Å². The maximum atomic E-state index is 12.2. The van der Waals surface area contributed by atoms with Crippen LogP contribution in [0.2, 0.25) is 0 Å². The van der Waals surface area contributed by atoms with E-state index in [0.717, 1.165) is 9.75 Å². The molecule has 0 bridgehead atoms. The minimum atomic E-state index is -1.000. The number of carbonyl (C=O) groups excluding carboxylic acids is 4. The second kappa shape index (κ2) is 9.41. The molecule has 0 saturated carbocycles. The number of carbonyl (C=O) groups is 4. The van der Waals surface area contributed by atoms with Gasteiger partial charge < -0.3 is 10.1 Å². The molecule has 1 atom stereocenters. The summed E-state index contributed by atoms with van der Waals surface area (Å²) in [6.07, 6.45) is -1.05. The lowest BCUT2D eigenvalue weighted by molar-refractivity contribution is -0.153. The molecule has 1 amide bonds. The molecular weight excluding hydrogens is 378 g/mol. The molecule has 0 unspecified atom stereocenters. The van der Waals surface area contributed by atoms with Crippen LogP contribution in [0.3, 0.4) is 0 Å². The van der Waals surface area contributed by atoms with Crippen LogP contribution in [0.1, 0.15) is 57.2 Å². The van der Waals surface area contributed by atoms with Crippen molar-refractivity contribution in [3.8, 4) is 0 Å². The van der Waals surface area contributed by atoms with Gasteiger partial charge in [0.05, 0.1) is 6.42 Å². The number of anilines is 1. The molecule has 0 fully saturated rings. The van der Waals surface area contributed by atoms with E-state index in [2.05, 4.69) is 5.32 Å². The van der Waals surface area contributed by atoms with Crippen LogP contribution >= 0.6 is 11.3 Å². The highest BCUT2D eigenvalue weighted by Crippen LogP contribution is 2.22. The molecule has 2 rings (SSSR count). The van der Waals surface area contributed by atoms with Gasteiger partial charge in [0.2, 0.25) is 0 Å². The number of amides is 1. The number of thiophene rings is 1. The number of hydrogen-bond acceptors (Lipinski definition) is 6. The Bertz CT molecular complexity index is 898. The van der Waals surface area contributed by atoms with Gasteiger partial charge >= 0.3 is 5.97 Å². The summed E-state index contributed by atoms with van der Waals surface area (Å²) < 4.78 is 5.11. The molecule has 0 aliphatic heterocycles. The van der Waals surface area contributed by atoms with Gasteiger partial charge in [0.25, 0.3) is 5.91 Å². The van der Waals surface area contributed by atoms with Crippen molar-refractivity contribution in [2.45, 2.75) is 46.6 Å². The Kier molecular flexibility index (Phi) is 7.23. The number of esters is 1. The zero-order chi connectivity index (χ0) is 20.8. The Morgan fingerprint density at radius 3 is 2.25 bits per heavy atom. The predicted molar refractivity (Wildman–Crippen MR) is 108 cm³/mol. The van der Waals surface area contributed by atoms with Gasteiger partial charge in [-0.1, -0.05) is 0 Å². The molecule has 1 aromatic carbocycles. The molecule has 2 aromatic rings. The summed E-state index contributed by atoms with van der Waals surface area (Å²) >= 11 is 1.54. The van der Waals surface area contributed by atoms with E-state index in [1.54, 1.807) is 35.6 Å². The monoisotopic (exact) mass is 401 g/mol. The van der Waals surface area contributed by atoms with E-state index >= 15 is 0 Å². The van der Waals surface area contributed by atoms with Crippen molar-refractivity contribution < 1.29 is 23.9 Å². The van der Waals surface area contributed by atoms with Gasteiger partial charge in [-0.15, -0.1) is 11.3 Å². The van der Waals surface area contributed by atoms with Gasteiger partial charge in [-0.2, -0.15) is 0 Å². The quantitative estimate of drug-likeness (QED) is 0.531. The third-order valence-electron chi connectivity index (χ3n) is 4.13. The Morgan fingerprint density at radius 1 is 1.07 bits per heavy atom.